The maximum absolute atomic E-state index is 10.7. The summed E-state index contributed by atoms with van der Waals surface area (Å²) in [7, 11) is 0. The summed E-state index contributed by atoms with van der Waals surface area (Å²) < 4.78 is 0. The summed E-state index contributed by atoms with van der Waals surface area (Å²) >= 11 is 0. The van der Waals surface area contributed by atoms with Crippen molar-refractivity contribution in [2.45, 2.75) is 44.9 Å². The van der Waals surface area contributed by atoms with Crippen LogP contribution in [-0.2, 0) is 4.79 Å². The molecule has 0 aromatic rings. The average molecular weight is 200 g/mol. The van der Waals surface area contributed by atoms with Gasteiger partial charge in [0.2, 0.25) is 0 Å². The molecule has 0 heterocycles. The number of rotatable bonds is 5. The smallest absolute Gasteiger partial charge is 0.306 e. The molecule has 1 fully saturated rings. The van der Waals surface area contributed by atoms with Crippen LogP contribution in [0.15, 0.2) is 0 Å². The van der Waals surface area contributed by atoms with E-state index in [0.717, 1.165) is 44.9 Å². The number of unbranched alkanes of at least 4 members (excludes halogenated alkanes) is 1. The summed E-state index contributed by atoms with van der Waals surface area (Å²) in [6, 6.07) is 0. The molecule has 0 unspecified atom stereocenters. The van der Waals surface area contributed by atoms with Crippen LogP contribution in [0.5, 0.6) is 0 Å². The van der Waals surface area contributed by atoms with Gasteiger partial charge in [0.05, 0.1) is 5.92 Å². The Labute approximate surface area is 85.1 Å². The highest BCUT2D eigenvalue weighted by atomic mass is 16.4. The number of aliphatic carboxylic acids is 1. The SMILES string of the molecule is O=C(O)C1CCC(CCCCO)CC1. The van der Waals surface area contributed by atoms with E-state index >= 15 is 0 Å². The summed E-state index contributed by atoms with van der Waals surface area (Å²) in [6.07, 6.45) is 6.94. The number of carbonyl (C=O) groups is 1. The van der Waals surface area contributed by atoms with Crippen LogP contribution in [0.4, 0.5) is 0 Å². The van der Waals surface area contributed by atoms with E-state index in [-0.39, 0.29) is 12.5 Å². The zero-order valence-corrected chi connectivity index (χ0v) is 8.61. The standard InChI is InChI=1S/C11H20O3/c12-8-2-1-3-9-4-6-10(7-5-9)11(13)14/h9-10,12H,1-8H2,(H,13,14). The molecule has 0 radical (unpaired) electrons. The Kier molecular flexibility index (Phi) is 4.94. The van der Waals surface area contributed by atoms with Gasteiger partial charge in [0, 0.05) is 6.61 Å². The molecule has 2 N–H and O–H groups in total. The van der Waals surface area contributed by atoms with Crippen molar-refractivity contribution < 1.29 is 15.0 Å². The second kappa shape index (κ2) is 6.02. The van der Waals surface area contributed by atoms with Gasteiger partial charge < -0.3 is 10.2 Å². The fourth-order valence-electron chi connectivity index (χ4n) is 2.24. The van der Waals surface area contributed by atoms with E-state index in [9.17, 15) is 4.79 Å². The van der Waals surface area contributed by atoms with Crippen LogP contribution in [0, 0.1) is 11.8 Å². The summed E-state index contributed by atoms with van der Waals surface area (Å²) in [4.78, 5) is 10.7. The quantitative estimate of drug-likeness (QED) is 0.668. The van der Waals surface area contributed by atoms with Crippen molar-refractivity contribution in [2.24, 2.45) is 11.8 Å². The molecule has 14 heavy (non-hydrogen) atoms. The Balaban J connectivity index is 2.12. The van der Waals surface area contributed by atoms with Gasteiger partial charge in [-0.3, -0.25) is 4.79 Å². The number of aliphatic hydroxyl groups is 1. The third-order valence-electron chi connectivity index (χ3n) is 3.22. The molecule has 0 spiro atoms. The maximum atomic E-state index is 10.7. The minimum atomic E-state index is -0.626. The first-order valence-electron chi connectivity index (χ1n) is 5.57. The lowest BCUT2D eigenvalue weighted by molar-refractivity contribution is -0.143. The summed E-state index contributed by atoms with van der Waals surface area (Å²) in [5.41, 5.74) is 0. The largest absolute Gasteiger partial charge is 0.481 e. The topological polar surface area (TPSA) is 57.5 Å². The van der Waals surface area contributed by atoms with Gasteiger partial charge in [0.15, 0.2) is 0 Å². The molecule has 0 aromatic heterocycles. The van der Waals surface area contributed by atoms with E-state index in [2.05, 4.69) is 0 Å². The maximum Gasteiger partial charge on any atom is 0.306 e. The molecular formula is C11H20O3. The molecule has 1 saturated carbocycles. The van der Waals surface area contributed by atoms with Crippen molar-refractivity contribution in [1.29, 1.82) is 0 Å². The van der Waals surface area contributed by atoms with Gasteiger partial charge in [-0.05, 0) is 38.0 Å². The third-order valence-corrected chi connectivity index (χ3v) is 3.22. The molecule has 3 nitrogen and oxygen atoms in total. The first-order chi connectivity index (χ1) is 6.74. The highest BCUT2D eigenvalue weighted by Gasteiger charge is 2.25. The van der Waals surface area contributed by atoms with E-state index in [1.807, 2.05) is 0 Å². The molecule has 0 atom stereocenters. The fourth-order valence-corrected chi connectivity index (χ4v) is 2.24. The average Bonchev–Trinajstić information content (AvgIpc) is 2.19. The monoisotopic (exact) mass is 200 g/mol. The molecule has 82 valence electrons. The number of aliphatic hydroxyl groups excluding tert-OH is 1. The second-order valence-corrected chi connectivity index (χ2v) is 4.28. The van der Waals surface area contributed by atoms with E-state index in [4.69, 9.17) is 10.2 Å². The van der Waals surface area contributed by atoms with E-state index in [1.54, 1.807) is 0 Å². The van der Waals surface area contributed by atoms with Gasteiger partial charge in [0.1, 0.15) is 0 Å². The first-order valence-corrected chi connectivity index (χ1v) is 5.57. The minimum absolute atomic E-state index is 0.0934. The van der Waals surface area contributed by atoms with Crippen LogP contribution in [-0.4, -0.2) is 22.8 Å². The molecule has 0 aromatic carbocycles. The van der Waals surface area contributed by atoms with Crippen molar-refractivity contribution in [3.05, 3.63) is 0 Å². The zero-order valence-electron chi connectivity index (χ0n) is 8.61. The van der Waals surface area contributed by atoms with Crippen LogP contribution in [0.25, 0.3) is 0 Å². The van der Waals surface area contributed by atoms with Crippen molar-refractivity contribution in [1.82, 2.24) is 0 Å². The van der Waals surface area contributed by atoms with Gasteiger partial charge in [-0.15, -0.1) is 0 Å². The Bertz CT molecular complexity index is 171. The van der Waals surface area contributed by atoms with Crippen LogP contribution >= 0.6 is 0 Å². The predicted octanol–water partition coefficient (Wildman–Crippen LogP) is 2.04. The van der Waals surface area contributed by atoms with E-state index in [0.29, 0.717) is 5.92 Å². The van der Waals surface area contributed by atoms with Crippen molar-refractivity contribution in [3.63, 3.8) is 0 Å². The Morgan fingerprint density at radius 3 is 2.29 bits per heavy atom. The van der Waals surface area contributed by atoms with Crippen LogP contribution in [0.3, 0.4) is 0 Å². The van der Waals surface area contributed by atoms with Crippen LogP contribution < -0.4 is 0 Å². The fraction of sp³-hybridized carbons (Fsp3) is 0.909. The van der Waals surface area contributed by atoms with Crippen molar-refractivity contribution in [2.75, 3.05) is 6.61 Å². The Morgan fingerprint density at radius 1 is 1.14 bits per heavy atom. The lowest BCUT2D eigenvalue weighted by atomic mass is 9.80. The van der Waals surface area contributed by atoms with Gasteiger partial charge in [-0.25, -0.2) is 0 Å². The number of hydrogen-bond donors (Lipinski definition) is 2. The van der Waals surface area contributed by atoms with Crippen molar-refractivity contribution >= 4 is 5.97 Å². The zero-order chi connectivity index (χ0) is 10.4. The lowest BCUT2D eigenvalue weighted by Gasteiger charge is -2.25. The van der Waals surface area contributed by atoms with E-state index in [1.165, 1.54) is 0 Å². The summed E-state index contributed by atoms with van der Waals surface area (Å²) in [6.45, 7) is 0.282. The van der Waals surface area contributed by atoms with Gasteiger partial charge >= 0.3 is 5.97 Å². The number of hydrogen-bond acceptors (Lipinski definition) is 2. The van der Waals surface area contributed by atoms with Crippen LogP contribution in [0.1, 0.15) is 44.9 Å². The van der Waals surface area contributed by atoms with Crippen LogP contribution in [0.2, 0.25) is 0 Å². The highest BCUT2D eigenvalue weighted by molar-refractivity contribution is 5.69. The lowest BCUT2D eigenvalue weighted by Crippen LogP contribution is -2.21. The number of carboxylic acid groups (broad SMARTS) is 1. The molecular weight excluding hydrogens is 180 g/mol. The normalized spacial score (nSPS) is 27.5. The molecule has 0 amide bonds. The third kappa shape index (κ3) is 3.66. The second-order valence-electron chi connectivity index (χ2n) is 4.28. The van der Waals surface area contributed by atoms with Gasteiger partial charge in [0.25, 0.3) is 0 Å². The predicted molar refractivity (Wildman–Crippen MR) is 54.0 cm³/mol. The molecule has 0 aliphatic heterocycles. The van der Waals surface area contributed by atoms with Crippen molar-refractivity contribution in [3.8, 4) is 0 Å². The molecule has 1 rings (SSSR count). The number of carboxylic acids is 1. The molecule has 1 aliphatic rings. The van der Waals surface area contributed by atoms with Gasteiger partial charge in [-0.1, -0.05) is 12.8 Å². The Morgan fingerprint density at radius 2 is 1.79 bits per heavy atom. The van der Waals surface area contributed by atoms with E-state index < -0.39 is 5.97 Å². The van der Waals surface area contributed by atoms with Gasteiger partial charge in [-0.2, -0.15) is 0 Å². The molecule has 3 heteroatoms. The minimum Gasteiger partial charge on any atom is -0.481 e. The summed E-state index contributed by atoms with van der Waals surface area (Å²) in [5, 5.41) is 17.4. The highest BCUT2D eigenvalue weighted by Crippen LogP contribution is 2.31. The first kappa shape index (κ1) is 11.5. The summed E-state index contributed by atoms with van der Waals surface area (Å²) in [5.74, 6) is -0.0138. The Hall–Kier alpha value is -0.570. The molecule has 0 saturated heterocycles. The molecule has 0 bridgehead atoms. The molecule has 1 aliphatic carbocycles.